The third-order valence-electron chi connectivity index (χ3n) is 5.51. The average Bonchev–Trinajstić information content (AvgIpc) is 3.22. The molecule has 1 aromatic heterocycles. The minimum Gasteiger partial charge on any atom is -0.459 e. The van der Waals surface area contributed by atoms with E-state index in [1.807, 2.05) is 30.3 Å². The van der Waals surface area contributed by atoms with Crippen LogP contribution in [0.5, 0.6) is 0 Å². The molecule has 0 unspecified atom stereocenters. The van der Waals surface area contributed by atoms with E-state index in [0.717, 1.165) is 30.0 Å². The number of carbonyl (C=O) groups excluding carboxylic acids is 2. The molecule has 3 N–H and O–H groups in total. The maximum absolute atomic E-state index is 12.5. The lowest BCUT2D eigenvalue weighted by molar-refractivity contribution is 0.0996. The number of furan rings is 1. The van der Waals surface area contributed by atoms with Gasteiger partial charge in [-0.25, -0.2) is 4.79 Å². The second-order valence-corrected chi connectivity index (χ2v) is 7.85. The number of carbonyl (C=O) groups is 2. The Labute approximate surface area is 187 Å². The Bertz CT molecular complexity index is 1020. The summed E-state index contributed by atoms with van der Waals surface area (Å²) in [5.41, 5.74) is 3.48. The van der Waals surface area contributed by atoms with Crippen molar-refractivity contribution in [3.8, 4) is 0 Å². The van der Waals surface area contributed by atoms with Crippen LogP contribution < -0.4 is 20.9 Å². The van der Waals surface area contributed by atoms with Gasteiger partial charge in [-0.3, -0.25) is 4.79 Å². The van der Waals surface area contributed by atoms with E-state index in [2.05, 4.69) is 26.9 Å². The van der Waals surface area contributed by atoms with E-state index in [-0.39, 0.29) is 17.7 Å². The molecule has 1 aliphatic heterocycles. The molecule has 2 aromatic carbocycles. The summed E-state index contributed by atoms with van der Waals surface area (Å²) in [6, 6.07) is 18.3. The molecule has 0 atom stereocenters. The van der Waals surface area contributed by atoms with Crippen molar-refractivity contribution in [2.75, 3.05) is 28.6 Å². The molecule has 7 heteroatoms. The Morgan fingerprint density at radius 2 is 1.59 bits per heavy atom. The molecule has 1 saturated heterocycles. The lowest BCUT2D eigenvalue weighted by Gasteiger charge is -2.25. The summed E-state index contributed by atoms with van der Waals surface area (Å²) in [4.78, 5) is 26.9. The van der Waals surface area contributed by atoms with Gasteiger partial charge in [0.15, 0.2) is 5.76 Å². The number of nitrogens with one attached hydrogen (secondary N) is 3. The van der Waals surface area contributed by atoms with Crippen LogP contribution >= 0.6 is 0 Å². The molecule has 166 valence electrons. The van der Waals surface area contributed by atoms with E-state index in [1.54, 1.807) is 24.3 Å². The van der Waals surface area contributed by atoms with Crippen molar-refractivity contribution in [2.45, 2.75) is 32.2 Å². The summed E-state index contributed by atoms with van der Waals surface area (Å²) in [5.74, 6) is -0.0452. The fraction of sp³-hybridized carbons (Fsp3) is 0.280. The molecule has 2 heterocycles. The topological polar surface area (TPSA) is 86.6 Å². The smallest absolute Gasteiger partial charge is 0.319 e. The number of urea groups is 1. The average molecular weight is 433 g/mol. The molecule has 4 rings (SSSR count). The first-order chi connectivity index (χ1) is 15.7. The van der Waals surface area contributed by atoms with Gasteiger partial charge in [-0.05, 0) is 54.8 Å². The standard InChI is InChI=1S/C25H28N4O3/c30-24(23-10-7-17-32-23)27-20-13-11-19(12-14-20)18-26-25(31)28-21-8-3-4-9-22(21)29-15-5-1-2-6-16-29/h3-4,7-14,17H,1-2,5-6,15-16,18H2,(H,27,30)(H2,26,28,31). The van der Waals surface area contributed by atoms with Crippen molar-refractivity contribution < 1.29 is 14.0 Å². The first kappa shape index (κ1) is 21.5. The van der Waals surface area contributed by atoms with Crippen molar-refractivity contribution >= 4 is 29.0 Å². The summed E-state index contributed by atoms with van der Waals surface area (Å²) in [7, 11) is 0. The fourth-order valence-corrected chi connectivity index (χ4v) is 3.82. The van der Waals surface area contributed by atoms with Crippen LogP contribution in [0.25, 0.3) is 0 Å². The number of rotatable bonds is 6. The number of benzene rings is 2. The highest BCUT2D eigenvalue weighted by Crippen LogP contribution is 2.27. The fourth-order valence-electron chi connectivity index (χ4n) is 3.82. The highest BCUT2D eigenvalue weighted by molar-refractivity contribution is 6.02. The van der Waals surface area contributed by atoms with Gasteiger partial charge in [0.2, 0.25) is 0 Å². The lowest BCUT2D eigenvalue weighted by Crippen LogP contribution is -2.30. The van der Waals surface area contributed by atoms with E-state index in [1.165, 1.54) is 31.9 Å². The van der Waals surface area contributed by atoms with Crippen LogP contribution in [0.4, 0.5) is 21.9 Å². The van der Waals surface area contributed by atoms with Gasteiger partial charge in [0.1, 0.15) is 0 Å². The maximum atomic E-state index is 12.5. The molecule has 0 bridgehead atoms. The molecule has 0 saturated carbocycles. The van der Waals surface area contributed by atoms with Gasteiger partial charge in [0, 0.05) is 25.3 Å². The van der Waals surface area contributed by atoms with Crippen molar-refractivity contribution in [3.63, 3.8) is 0 Å². The van der Waals surface area contributed by atoms with Crippen LogP contribution in [0.1, 0.15) is 41.8 Å². The molecule has 1 fully saturated rings. The highest BCUT2D eigenvalue weighted by atomic mass is 16.3. The predicted octanol–water partition coefficient (Wildman–Crippen LogP) is 5.23. The van der Waals surface area contributed by atoms with Crippen LogP contribution in [0, 0.1) is 0 Å². The highest BCUT2D eigenvalue weighted by Gasteiger charge is 2.14. The van der Waals surface area contributed by atoms with Gasteiger partial charge in [-0.2, -0.15) is 0 Å². The third-order valence-corrected chi connectivity index (χ3v) is 5.51. The van der Waals surface area contributed by atoms with Crippen molar-refractivity contribution in [3.05, 3.63) is 78.3 Å². The number of amides is 3. The molecule has 0 spiro atoms. The molecular weight excluding hydrogens is 404 g/mol. The summed E-state index contributed by atoms with van der Waals surface area (Å²) in [6.45, 7) is 2.41. The van der Waals surface area contributed by atoms with Crippen LogP contribution in [0.15, 0.2) is 71.3 Å². The quantitative estimate of drug-likeness (QED) is 0.498. The van der Waals surface area contributed by atoms with Gasteiger partial charge >= 0.3 is 6.03 Å². The SMILES string of the molecule is O=C(NCc1ccc(NC(=O)c2ccco2)cc1)Nc1ccccc1N1CCCCCC1. The van der Waals surface area contributed by atoms with E-state index >= 15 is 0 Å². The molecule has 7 nitrogen and oxygen atoms in total. The second kappa shape index (κ2) is 10.5. The van der Waals surface area contributed by atoms with E-state index in [9.17, 15) is 9.59 Å². The Morgan fingerprint density at radius 3 is 2.31 bits per heavy atom. The monoisotopic (exact) mass is 432 g/mol. The lowest BCUT2D eigenvalue weighted by atomic mass is 10.2. The first-order valence-corrected chi connectivity index (χ1v) is 11.0. The summed E-state index contributed by atoms with van der Waals surface area (Å²) < 4.78 is 5.09. The van der Waals surface area contributed by atoms with Crippen LogP contribution in [-0.2, 0) is 6.54 Å². The van der Waals surface area contributed by atoms with E-state index in [4.69, 9.17) is 4.42 Å². The van der Waals surface area contributed by atoms with Crippen LogP contribution in [0.3, 0.4) is 0 Å². The Balaban J connectivity index is 1.30. The molecule has 3 amide bonds. The Kier molecular flexibility index (Phi) is 7.07. The number of anilines is 3. The molecular formula is C25H28N4O3. The Morgan fingerprint density at radius 1 is 0.844 bits per heavy atom. The first-order valence-electron chi connectivity index (χ1n) is 11.0. The summed E-state index contributed by atoms with van der Waals surface area (Å²) in [5, 5.41) is 8.67. The number of para-hydroxylation sites is 2. The number of hydrogen-bond acceptors (Lipinski definition) is 4. The van der Waals surface area contributed by atoms with Crippen molar-refractivity contribution in [1.82, 2.24) is 5.32 Å². The zero-order chi connectivity index (χ0) is 22.2. The minimum atomic E-state index is -0.302. The molecule has 3 aromatic rings. The normalized spacial score (nSPS) is 13.8. The largest absolute Gasteiger partial charge is 0.459 e. The van der Waals surface area contributed by atoms with Gasteiger partial charge in [0.05, 0.1) is 17.6 Å². The molecule has 0 radical (unpaired) electrons. The van der Waals surface area contributed by atoms with Gasteiger partial charge < -0.3 is 25.3 Å². The predicted molar refractivity (Wildman–Crippen MR) is 126 cm³/mol. The van der Waals surface area contributed by atoms with E-state index < -0.39 is 0 Å². The van der Waals surface area contributed by atoms with Crippen LogP contribution in [0.2, 0.25) is 0 Å². The number of hydrogen-bond donors (Lipinski definition) is 3. The van der Waals surface area contributed by atoms with Gasteiger partial charge in [0.25, 0.3) is 5.91 Å². The Hall–Kier alpha value is -3.74. The molecule has 32 heavy (non-hydrogen) atoms. The summed E-state index contributed by atoms with van der Waals surface area (Å²) in [6.07, 6.45) is 6.34. The molecule has 0 aliphatic carbocycles. The minimum absolute atomic E-state index is 0.248. The zero-order valence-electron chi connectivity index (χ0n) is 18.0. The summed E-state index contributed by atoms with van der Waals surface area (Å²) >= 11 is 0. The van der Waals surface area contributed by atoms with Crippen molar-refractivity contribution in [1.29, 1.82) is 0 Å². The number of nitrogens with zero attached hydrogens (tertiary/aromatic N) is 1. The third kappa shape index (κ3) is 5.69. The maximum Gasteiger partial charge on any atom is 0.319 e. The van der Waals surface area contributed by atoms with Crippen molar-refractivity contribution in [2.24, 2.45) is 0 Å². The van der Waals surface area contributed by atoms with Gasteiger partial charge in [-0.15, -0.1) is 0 Å². The van der Waals surface area contributed by atoms with Crippen LogP contribution in [-0.4, -0.2) is 25.0 Å². The van der Waals surface area contributed by atoms with Gasteiger partial charge in [-0.1, -0.05) is 37.1 Å². The van der Waals surface area contributed by atoms with E-state index in [0.29, 0.717) is 12.2 Å². The molecule has 1 aliphatic rings. The zero-order valence-corrected chi connectivity index (χ0v) is 18.0. The second-order valence-electron chi connectivity index (χ2n) is 7.85.